The van der Waals surface area contributed by atoms with Crippen LogP contribution in [0.5, 0.6) is 23.0 Å². The summed E-state index contributed by atoms with van der Waals surface area (Å²) in [4.78, 5) is 23.6. The number of para-hydroxylation sites is 2. The lowest BCUT2D eigenvalue weighted by molar-refractivity contribution is -0.131. The highest BCUT2D eigenvalue weighted by Gasteiger charge is 2.24. The normalized spacial score (nSPS) is 10.5. The van der Waals surface area contributed by atoms with Crippen molar-refractivity contribution in [2.24, 2.45) is 0 Å². The maximum Gasteiger partial charge on any atom is 0.338 e. The van der Waals surface area contributed by atoms with Gasteiger partial charge in [0.2, 0.25) is 0 Å². The fourth-order valence-electron chi connectivity index (χ4n) is 2.79. The lowest BCUT2D eigenvalue weighted by Crippen LogP contribution is -2.10. The van der Waals surface area contributed by atoms with Gasteiger partial charge in [0.25, 0.3) is 0 Å². The average Bonchev–Trinajstić information content (AvgIpc) is 2.67. The third-order valence-electron chi connectivity index (χ3n) is 4.32. The second-order valence-corrected chi connectivity index (χ2v) is 6.69. The zero-order chi connectivity index (χ0) is 21.7. The van der Waals surface area contributed by atoms with Crippen LogP contribution in [0.2, 0.25) is 0 Å². The number of phenolic OH excluding ortho intramolecular Hbond substituents is 2. The number of phenols is 2. The van der Waals surface area contributed by atoms with E-state index in [0.717, 1.165) is 0 Å². The number of rotatable bonds is 7. The number of benzene rings is 2. The summed E-state index contributed by atoms with van der Waals surface area (Å²) < 4.78 is 10.4. The van der Waals surface area contributed by atoms with Crippen molar-refractivity contribution in [3.63, 3.8) is 0 Å². The van der Waals surface area contributed by atoms with E-state index in [-0.39, 0.29) is 34.1 Å². The summed E-state index contributed by atoms with van der Waals surface area (Å²) in [6.45, 7) is 11.9. The monoisotopic (exact) mass is 396 g/mol. The first-order chi connectivity index (χ1) is 13.7. The van der Waals surface area contributed by atoms with Gasteiger partial charge in [0.15, 0.2) is 23.0 Å². The van der Waals surface area contributed by atoms with Crippen LogP contribution in [0.3, 0.4) is 0 Å². The SMILES string of the molecule is C=C(C)C(=O)Oc1cccc(C(CC)c2cccc(OC(=O)C(=C)C)c2O)c1O. The Morgan fingerprint density at radius 3 is 1.55 bits per heavy atom. The van der Waals surface area contributed by atoms with Crippen LogP contribution in [0.1, 0.15) is 44.2 Å². The molecular formula is C23H24O6. The fourth-order valence-corrected chi connectivity index (χ4v) is 2.79. The van der Waals surface area contributed by atoms with E-state index in [2.05, 4.69) is 13.2 Å². The summed E-state index contributed by atoms with van der Waals surface area (Å²) >= 11 is 0. The number of hydrogen-bond acceptors (Lipinski definition) is 6. The number of hydrogen-bond donors (Lipinski definition) is 2. The fraction of sp³-hybridized carbons (Fsp3) is 0.217. The van der Waals surface area contributed by atoms with Crippen molar-refractivity contribution >= 4 is 11.9 Å². The summed E-state index contributed by atoms with van der Waals surface area (Å²) in [5.74, 6) is -2.17. The lowest BCUT2D eigenvalue weighted by Gasteiger charge is -2.21. The molecule has 2 aromatic carbocycles. The van der Waals surface area contributed by atoms with Crippen molar-refractivity contribution in [3.8, 4) is 23.0 Å². The van der Waals surface area contributed by atoms with Crippen molar-refractivity contribution in [2.45, 2.75) is 33.1 Å². The van der Waals surface area contributed by atoms with Gasteiger partial charge in [0.1, 0.15) is 0 Å². The van der Waals surface area contributed by atoms with Crippen LogP contribution in [-0.2, 0) is 9.59 Å². The van der Waals surface area contributed by atoms with Crippen LogP contribution in [-0.4, -0.2) is 22.2 Å². The predicted molar refractivity (Wildman–Crippen MR) is 109 cm³/mol. The maximum atomic E-state index is 11.8. The molecular weight excluding hydrogens is 372 g/mol. The highest BCUT2D eigenvalue weighted by Crippen LogP contribution is 2.44. The van der Waals surface area contributed by atoms with E-state index in [1.165, 1.54) is 26.0 Å². The van der Waals surface area contributed by atoms with Gasteiger partial charge in [-0.3, -0.25) is 0 Å². The molecule has 2 N–H and O–H groups in total. The van der Waals surface area contributed by atoms with Gasteiger partial charge in [-0.1, -0.05) is 44.3 Å². The smallest absolute Gasteiger partial charge is 0.338 e. The number of esters is 2. The maximum absolute atomic E-state index is 11.8. The summed E-state index contributed by atoms with van der Waals surface area (Å²) in [5.41, 5.74) is 1.31. The van der Waals surface area contributed by atoms with E-state index in [1.807, 2.05) is 6.92 Å². The van der Waals surface area contributed by atoms with Crippen LogP contribution in [0, 0.1) is 0 Å². The van der Waals surface area contributed by atoms with Gasteiger partial charge in [0, 0.05) is 28.2 Å². The summed E-state index contributed by atoms with van der Waals surface area (Å²) in [6, 6.07) is 9.57. The Hall–Kier alpha value is -3.54. The molecule has 0 aliphatic carbocycles. The van der Waals surface area contributed by atoms with Gasteiger partial charge in [-0.15, -0.1) is 0 Å². The van der Waals surface area contributed by atoms with Gasteiger partial charge in [-0.25, -0.2) is 9.59 Å². The molecule has 0 saturated carbocycles. The van der Waals surface area contributed by atoms with Gasteiger partial charge in [-0.2, -0.15) is 0 Å². The lowest BCUT2D eigenvalue weighted by atomic mass is 9.87. The molecule has 0 aliphatic rings. The first kappa shape index (κ1) is 21.8. The van der Waals surface area contributed by atoms with E-state index < -0.39 is 17.9 Å². The number of carbonyl (C=O) groups is 2. The first-order valence-electron chi connectivity index (χ1n) is 9.06. The Morgan fingerprint density at radius 1 is 0.862 bits per heavy atom. The number of ether oxygens (including phenoxy) is 2. The van der Waals surface area contributed by atoms with Crippen molar-refractivity contribution < 1.29 is 29.3 Å². The molecule has 0 spiro atoms. The Balaban J connectivity index is 2.47. The van der Waals surface area contributed by atoms with Gasteiger partial charge in [0.05, 0.1) is 0 Å². The number of aromatic hydroxyl groups is 2. The highest BCUT2D eigenvalue weighted by atomic mass is 16.5. The quantitative estimate of drug-likeness (QED) is 0.404. The largest absolute Gasteiger partial charge is 0.504 e. The molecule has 6 nitrogen and oxygen atoms in total. The van der Waals surface area contributed by atoms with Crippen LogP contribution in [0.25, 0.3) is 0 Å². The number of carbonyl (C=O) groups excluding carboxylic acids is 2. The third-order valence-corrected chi connectivity index (χ3v) is 4.32. The molecule has 0 heterocycles. The molecule has 0 aliphatic heterocycles. The average molecular weight is 396 g/mol. The van der Waals surface area contributed by atoms with Gasteiger partial charge < -0.3 is 19.7 Å². The molecule has 0 aromatic heterocycles. The minimum Gasteiger partial charge on any atom is -0.504 e. The second-order valence-electron chi connectivity index (χ2n) is 6.69. The molecule has 0 bridgehead atoms. The van der Waals surface area contributed by atoms with E-state index in [4.69, 9.17) is 9.47 Å². The summed E-state index contributed by atoms with van der Waals surface area (Å²) in [6.07, 6.45) is 0.511. The second kappa shape index (κ2) is 9.10. The standard InChI is InChI=1S/C23H24O6/c1-6-15(16-9-7-11-18(20(16)24)28-22(26)13(2)3)17-10-8-12-19(21(17)25)29-23(27)14(4)5/h7-12,15,24-25H,2,4,6H2,1,3,5H3. The summed E-state index contributed by atoms with van der Waals surface area (Å²) in [7, 11) is 0. The summed E-state index contributed by atoms with van der Waals surface area (Å²) in [5, 5.41) is 21.4. The molecule has 0 atom stereocenters. The zero-order valence-corrected chi connectivity index (χ0v) is 16.7. The molecule has 0 radical (unpaired) electrons. The van der Waals surface area contributed by atoms with Crippen molar-refractivity contribution in [1.29, 1.82) is 0 Å². The third kappa shape index (κ3) is 4.85. The van der Waals surface area contributed by atoms with Gasteiger partial charge in [-0.05, 0) is 32.4 Å². The Kier molecular flexibility index (Phi) is 6.83. The molecule has 29 heavy (non-hydrogen) atoms. The zero-order valence-electron chi connectivity index (χ0n) is 16.7. The van der Waals surface area contributed by atoms with E-state index in [0.29, 0.717) is 17.5 Å². The molecule has 0 unspecified atom stereocenters. The highest BCUT2D eigenvalue weighted by molar-refractivity contribution is 5.89. The Bertz CT molecular complexity index is 896. The predicted octanol–water partition coefficient (Wildman–Crippen LogP) is 4.60. The van der Waals surface area contributed by atoms with Gasteiger partial charge >= 0.3 is 11.9 Å². The molecule has 2 rings (SSSR count). The molecule has 0 amide bonds. The van der Waals surface area contributed by atoms with Crippen molar-refractivity contribution in [2.75, 3.05) is 0 Å². The molecule has 0 saturated heterocycles. The van der Waals surface area contributed by atoms with E-state index >= 15 is 0 Å². The van der Waals surface area contributed by atoms with Crippen molar-refractivity contribution in [3.05, 3.63) is 71.8 Å². The Labute approximate surface area is 169 Å². The van der Waals surface area contributed by atoms with E-state index in [1.54, 1.807) is 24.3 Å². The van der Waals surface area contributed by atoms with Crippen LogP contribution in [0.15, 0.2) is 60.7 Å². The topological polar surface area (TPSA) is 93.1 Å². The van der Waals surface area contributed by atoms with Crippen LogP contribution in [0.4, 0.5) is 0 Å². The molecule has 6 heteroatoms. The molecule has 2 aromatic rings. The minimum atomic E-state index is -0.651. The van der Waals surface area contributed by atoms with E-state index in [9.17, 15) is 19.8 Å². The minimum absolute atomic E-state index is 0.00157. The molecule has 152 valence electrons. The molecule has 0 fully saturated rings. The first-order valence-corrected chi connectivity index (χ1v) is 9.06. The van der Waals surface area contributed by atoms with Crippen LogP contribution >= 0.6 is 0 Å². The van der Waals surface area contributed by atoms with Crippen molar-refractivity contribution in [1.82, 2.24) is 0 Å². The van der Waals surface area contributed by atoms with Crippen LogP contribution < -0.4 is 9.47 Å². The Morgan fingerprint density at radius 2 is 1.24 bits per heavy atom.